The third-order valence-electron chi connectivity index (χ3n) is 5.57. The Kier molecular flexibility index (Phi) is 6.07. The van der Waals surface area contributed by atoms with E-state index < -0.39 is 0 Å². The van der Waals surface area contributed by atoms with E-state index in [9.17, 15) is 14.4 Å². The number of imide groups is 1. The SMILES string of the molecule is CCC1CCCCN1C(=O)CCCCCN1C(=O)c2ccccc2C1=O. The van der Waals surface area contributed by atoms with Crippen LogP contribution in [0.3, 0.4) is 0 Å². The molecule has 1 aromatic rings. The summed E-state index contributed by atoms with van der Waals surface area (Å²) in [7, 11) is 0. The van der Waals surface area contributed by atoms with Crippen molar-refractivity contribution in [2.45, 2.75) is 64.3 Å². The fourth-order valence-corrected chi connectivity index (χ4v) is 4.06. The predicted octanol–water partition coefficient (Wildman–Crippen LogP) is 3.63. The molecule has 0 bridgehead atoms. The second-order valence-corrected chi connectivity index (χ2v) is 7.26. The second-order valence-electron chi connectivity index (χ2n) is 7.26. The number of nitrogens with zero attached hydrogens (tertiary/aromatic N) is 2. The molecule has 3 amide bonds. The van der Waals surface area contributed by atoms with Gasteiger partial charge in [-0.2, -0.15) is 0 Å². The van der Waals surface area contributed by atoms with E-state index in [1.54, 1.807) is 24.3 Å². The van der Waals surface area contributed by atoms with Crippen LogP contribution < -0.4 is 0 Å². The first-order chi connectivity index (χ1) is 12.6. The van der Waals surface area contributed by atoms with Gasteiger partial charge < -0.3 is 4.90 Å². The molecule has 0 saturated carbocycles. The molecule has 1 unspecified atom stereocenters. The second kappa shape index (κ2) is 8.47. The molecule has 26 heavy (non-hydrogen) atoms. The van der Waals surface area contributed by atoms with Gasteiger partial charge in [-0.3, -0.25) is 19.3 Å². The zero-order valence-electron chi connectivity index (χ0n) is 15.6. The highest BCUT2D eigenvalue weighted by Gasteiger charge is 2.34. The maximum atomic E-state index is 12.4. The van der Waals surface area contributed by atoms with Crippen LogP contribution in [0.5, 0.6) is 0 Å². The molecule has 1 aromatic carbocycles. The Morgan fingerprint density at radius 1 is 1.04 bits per heavy atom. The van der Waals surface area contributed by atoms with Gasteiger partial charge in [-0.1, -0.05) is 25.5 Å². The molecule has 5 nitrogen and oxygen atoms in total. The van der Waals surface area contributed by atoms with Crippen molar-refractivity contribution < 1.29 is 14.4 Å². The molecular formula is C21H28N2O3. The molecule has 5 heteroatoms. The molecule has 1 saturated heterocycles. The van der Waals surface area contributed by atoms with Gasteiger partial charge in [-0.15, -0.1) is 0 Å². The summed E-state index contributed by atoms with van der Waals surface area (Å²) in [6.45, 7) is 3.48. The Morgan fingerprint density at radius 2 is 1.73 bits per heavy atom. The summed E-state index contributed by atoms with van der Waals surface area (Å²) in [5.41, 5.74) is 1.01. The molecule has 1 fully saturated rings. The van der Waals surface area contributed by atoms with Gasteiger partial charge in [0.25, 0.3) is 11.8 Å². The summed E-state index contributed by atoms with van der Waals surface area (Å²) in [6, 6.07) is 7.38. The van der Waals surface area contributed by atoms with Crippen molar-refractivity contribution in [3.63, 3.8) is 0 Å². The molecule has 0 radical (unpaired) electrons. The van der Waals surface area contributed by atoms with E-state index in [1.807, 2.05) is 0 Å². The van der Waals surface area contributed by atoms with Crippen LogP contribution in [0.4, 0.5) is 0 Å². The number of piperidine rings is 1. The molecular weight excluding hydrogens is 328 g/mol. The Morgan fingerprint density at radius 3 is 2.38 bits per heavy atom. The summed E-state index contributed by atoms with van der Waals surface area (Å²) < 4.78 is 0. The van der Waals surface area contributed by atoms with Crippen LogP contribution in [0.2, 0.25) is 0 Å². The molecule has 0 N–H and O–H groups in total. The van der Waals surface area contributed by atoms with Gasteiger partial charge in [-0.05, 0) is 50.7 Å². The highest BCUT2D eigenvalue weighted by molar-refractivity contribution is 6.21. The molecule has 2 aliphatic rings. The van der Waals surface area contributed by atoms with Crippen LogP contribution in [0.1, 0.15) is 79.0 Å². The number of unbranched alkanes of at least 4 members (excludes halogenated alkanes) is 2. The van der Waals surface area contributed by atoms with Crippen molar-refractivity contribution in [3.8, 4) is 0 Å². The summed E-state index contributed by atoms with van der Waals surface area (Å²) >= 11 is 0. The van der Waals surface area contributed by atoms with Crippen molar-refractivity contribution in [1.82, 2.24) is 9.80 Å². The standard InChI is InChI=1S/C21H28N2O3/c1-2-16-10-7-9-14-22(16)19(24)13-4-3-8-15-23-20(25)17-11-5-6-12-18(17)21(23)26/h5-6,11-12,16H,2-4,7-10,13-15H2,1H3. The molecule has 0 aromatic heterocycles. The number of benzene rings is 1. The zero-order chi connectivity index (χ0) is 18.5. The quantitative estimate of drug-likeness (QED) is 0.554. The lowest BCUT2D eigenvalue weighted by Gasteiger charge is -2.35. The van der Waals surface area contributed by atoms with Gasteiger partial charge in [0.2, 0.25) is 5.91 Å². The van der Waals surface area contributed by atoms with Crippen molar-refractivity contribution in [1.29, 1.82) is 0 Å². The minimum Gasteiger partial charge on any atom is -0.340 e. The van der Waals surface area contributed by atoms with E-state index in [-0.39, 0.29) is 17.7 Å². The number of carbonyl (C=O) groups is 3. The zero-order valence-corrected chi connectivity index (χ0v) is 15.6. The first kappa shape index (κ1) is 18.6. The van der Waals surface area contributed by atoms with Crippen LogP contribution in [-0.4, -0.2) is 46.7 Å². The lowest BCUT2D eigenvalue weighted by atomic mass is 9.99. The van der Waals surface area contributed by atoms with Gasteiger partial charge in [0, 0.05) is 25.6 Å². The maximum Gasteiger partial charge on any atom is 0.261 e. The molecule has 140 valence electrons. The molecule has 1 atom stereocenters. The summed E-state index contributed by atoms with van der Waals surface area (Å²) in [4.78, 5) is 40.4. The molecule has 2 aliphatic heterocycles. The summed E-state index contributed by atoms with van der Waals surface area (Å²) in [5.74, 6) is -0.126. The van der Waals surface area contributed by atoms with Gasteiger partial charge >= 0.3 is 0 Å². The third kappa shape index (κ3) is 3.81. The topological polar surface area (TPSA) is 57.7 Å². The monoisotopic (exact) mass is 356 g/mol. The van der Waals surface area contributed by atoms with Crippen LogP contribution in [0.15, 0.2) is 24.3 Å². The number of rotatable bonds is 7. The average molecular weight is 356 g/mol. The minimum absolute atomic E-state index is 0.194. The van der Waals surface area contributed by atoms with Gasteiger partial charge in [0.1, 0.15) is 0 Å². The van der Waals surface area contributed by atoms with Crippen LogP contribution in [0.25, 0.3) is 0 Å². The number of fused-ring (bicyclic) bond motifs is 1. The highest BCUT2D eigenvalue weighted by Crippen LogP contribution is 2.23. The van der Waals surface area contributed by atoms with Crippen molar-refractivity contribution in [2.75, 3.05) is 13.1 Å². The Labute approximate surface area is 155 Å². The number of carbonyl (C=O) groups excluding carboxylic acids is 3. The van der Waals surface area contributed by atoms with Gasteiger partial charge in [0.15, 0.2) is 0 Å². The fraction of sp³-hybridized carbons (Fsp3) is 0.571. The number of likely N-dealkylation sites (tertiary alicyclic amines) is 1. The van der Waals surface area contributed by atoms with E-state index in [0.29, 0.717) is 30.1 Å². The first-order valence-corrected chi connectivity index (χ1v) is 9.88. The largest absolute Gasteiger partial charge is 0.340 e. The third-order valence-corrected chi connectivity index (χ3v) is 5.57. The number of hydrogen-bond acceptors (Lipinski definition) is 3. The van der Waals surface area contributed by atoms with Crippen molar-refractivity contribution in [2.24, 2.45) is 0 Å². The fourth-order valence-electron chi connectivity index (χ4n) is 4.06. The van der Waals surface area contributed by atoms with Crippen molar-refractivity contribution >= 4 is 17.7 Å². The van der Waals surface area contributed by atoms with Crippen LogP contribution in [0, 0.1) is 0 Å². The Bertz CT molecular complexity index is 651. The molecule has 2 heterocycles. The smallest absolute Gasteiger partial charge is 0.261 e. The number of amides is 3. The normalized spacial score (nSPS) is 19.8. The Balaban J connectivity index is 1.40. The summed E-state index contributed by atoms with van der Waals surface area (Å²) in [5, 5.41) is 0. The predicted molar refractivity (Wildman–Crippen MR) is 99.9 cm³/mol. The van der Waals surface area contributed by atoms with Crippen LogP contribution >= 0.6 is 0 Å². The van der Waals surface area contributed by atoms with Gasteiger partial charge in [-0.25, -0.2) is 0 Å². The first-order valence-electron chi connectivity index (χ1n) is 9.88. The lowest BCUT2D eigenvalue weighted by molar-refractivity contribution is -0.135. The van der Waals surface area contributed by atoms with Gasteiger partial charge in [0.05, 0.1) is 11.1 Å². The van der Waals surface area contributed by atoms with E-state index in [2.05, 4.69) is 11.8 Å². The van der Waals surface area contributed by atoms with Crippen LogP contribution in [-0.2, 0) is 4.79 Å². The van der Waals surface area contributed by atoms with E-state index in [4.69, 9.17) is 0 Å². The molecule has 0 aliphatic carbocycles. The average Bonchev–Trinajstić information content (AvgIpc) is 2.92. The van der Waals surface area contributed by atoms with E-state index in [0.717, 1.165) is 45.1 Å². The molecule has 0 spiro atoms. The highest BCUT2D eigenvalue weighted by atomic mass is 16.2. The van der Waals surface area contributed by atoms with Crippen molar-refractivity contribution in [3.05, 3.63) is 35.4 Å². The molecule has 3 rings (SSSR count). The van der Waals surface area contributed by atoms with E-state index in [1.165, 1.54) is 11.3 Å². The van der Waals surface area contributed by atoms with E-state index >= 15 is 0 Å². The Hall–Kier alpha value is -2.17. The maximum absolute atomic E-state index is 12.4. The number of hydrogen-bond donors (Lipinski definition) is 0. The minimum atomic E-state index is -0.194. The lowest BCUT2D eigenvalue weighted by Crippen LogP contribution is -2.43. The summed E-state index contributed by atoms with van der Waals surface area (Å²) in [6.07, 6.45) is 7.48.